The van der Waals surface area contributed by atoms with Crippen LogP contribution in [0.15, 0.2) is 4.99 Å². The molecule has 21 heavy (non-hydrogen) atoms. The Morgan fingerprint density at radius 2 is 1.67 bits per heavy atom. The molecule has 5 heteroatoms. The summed E-state index contributed by atoms with van der Waals surface area (Å²) in [6.45, 7) is 16.4. The zero-order chi connectivity index (χ0) is 15.0. The van der Waals surface area contributed by atoms with E-state index in [9.17, 15) is 0 Å². The molecule has 1 unspecified atom stereocenters. The molecule has 0 aromatic rings. The fraction of sp³-hybridized carbons (Fsp3) is 0.938. The summed E-state index contributed by atoms with van der Waals surface area (Å²) in [4.78, 5) is 7.41. The largest absolute Gasteiger partial charge is 0.357 e. The minimum Gasteiger partial charge on any atom is -0.357 e. The van der Waals surface area contributed by atoms with Crippen molar-refractivity contribution in [3.63, 3.8) is 0 Å². The summed E-state index contributed by atoms with van der Waals surface area (Å²) < 4.78 is 0. The maximum atomic E-state index is 4.77. The van der Waals surface area contributed by atoms with Crippen LogP contribution < -0.4 is 10.6 Å². The van der Waals surface area contributed by atoms with Crippen LogP contribution >= 0.6 is 24.0 Å². The molecule has 2 N–H and O–H groups in total. The first-order chi connectivity index (χ1) is 9.58. The molecule has 0 bridgehead atoms. The molecule has 0 spiro atoms. The number of halogens is 1. The molecular weight excluding hydrogens is 375 g/mol. The summed E-state index contributed by atoms with van der Waals surface area (Å²) in [7, 11) is 0. The average molecular weight is 410 g/mol. The molecule has 1 aliphatic heterocycles. The number of aliphatic imine (C=N–C) groups is 1. The highest BCUT2D eigenvalue weighted by molar-refractivity contribution is 14.0. The van der Waals surface area contributed by atoms with E-state index in [4.69, 9.17) is 4.99 Å². The van der Waals surface area contributed by atoms with E-state index in [1.807, 2.05) is 0 Å². The van der Waals surface area contributed by atoms with E-state index in [0.717, 1.165) is 31.5 Å². The van der Waals surface area contributed by atoms with Gasteiger partial charge in [0.25, 0.3) is 0 Å². The molecule has 0 aromatic heterocycles. The molecule has 1 aliphatic rings. The van der Waals surface area contributed by atoms with Gasteiger partial charge in [0.2, 0.25) is 0 Å². The van der Waals surface area contributed by atoms with Gasteiger partial charge < -0.3 is 10.6 Å². The third-order valence-electron chi connectivity index (χ3n) is 4.18. The van der Waals surface area contributed by atoms with Crippen molar-refractivity contribution < 1.29 is 0 Å². The van der Waals surface area contributed by atoms with Crippen LogP contribution in [0, 0.1) is 11.8 Å². The van der Waals surface area contributed by atoms with E-state index in [0.29, 0.717) is 12.0 Å². The first kappa shape index (κ1) is 21.0. The predicted octanol–water partition coefficient (Wildman–Crippen LogP) is 2.94. The Morgan fingerprint density at radius 3 is 2.10 bits per heavy atom. The Balaban J connectivity index is 0.00000400. The van der Waals surface area contributed by atoms with Crippen molar-refractivity contribution in [1.29, 1.82) is 0 Å². The lowest BCUT2D eigenvalue weighted by atomic mass is 9.94. The van der Waals surface area contributed by atoms with Gasteiger partial charge in [-0.2, -0.15) is 0 Å². The van der Waals surface area contributed by atoms with Crippen molar-refractivity contribution in [3.8, 4) is 0 Å². The molecule has 0 radical (unpaired) electrons. The Labute approximate surface area is 148 Å². The van der Waals surface area contributed by atoms with Gasteiger partial charge >= 0.3 is 0 Å². The predicted molar refractivity (Wildman–Crippen MR) is 104 cm³/mol. The van der Waals surface area contributed by atoms with Gasteiger partial charge in [-0.3, -0.25) is 9.89 Å². The second kappa shape index (κ2) is 11.5. The summed E-state index contributed by atoms with van der Waals surface area (Å²) in [6.07, 6.45) is 2.67. The lowest BCUT2D eigenvalue weighted by molar-refractivity contribution is 0.113. The van der Waals surface area contributed by atoms with E-state index in [2.05, 4.69) is 50.2 Å². The maximum absolute atomic E-state index is 4.77. The molecule has 1 atom stereocenters. The molecule has 4 nitrogen and oxygen atoms in total. The van der Waals surface area contributed by atoms with E-state index in [1.165, 1.54) is 25.9 Å². The molecule has 0 amide bonds. The highest BCUT2D eigenvalue weighted by Crippen LogP contribution is 2.21. The van der Waals surface area contributed by atoms with Crippen LogP contribution in [0.25, 0.3) is 0 Å². The molecule has 0 aromatic carbocycles. The van der Waals surface area contributed by atoms with Crippen molar-refractivity contribution in [3.05, 3.63) is 0 Å². The molecule has 0 aliphatic carbocycles. The molecule has 1 rings (SSSR count). The van der Waals surface area contributed by atoms with Gasteiger partial charge in [-0.25, -0.2) is 0 Å². The van der Waals surface area contributed by atoms with Crippen LogP contribution in [0.3, 0.4) is 0 Å². The number of guanidine groups is 1. The van der Waals surface area contributed by atoms with Crippen LogP contribution in [-0.4, -0.2) is 49.6 Å². The fourth-order valence-corrected chi connectivity index (χ4v) is 2.80. The van der Waals surface area contributed by atoms with Gasteiger partial charge in [0.15, 0.2) is 5.96 Å². The minimum atomic E-state index is 0. The second-order valence-electron chi connectivity index (χ2n) is 6.28. The first-order valence-electron chi connectivity index (χ1n) is 8.34. The topological polar surface area (TPSA) is 39.7 Å². The minimum absolute atomic E-state index is 0. The number of piperidine rings is 1. The van der Waals surface area contributed by atoms with Crippen molar-refractivity contribution >= 4 is 29.9 Å². The van der Waals surface area contributed by atoms with E-state index < -0.39 is 0 Å². The van der Waals surface area contributed by atoms with Crippen LogP contribution in [0.5, 0.6) is 0 Å². The zero-order valence-corrected chi connectivity index (χ0v) is 16.8. The van der Waals surface area contributed by atoms with Gasteiger partial charge in [-0.05, 0) is 51.6 Å². The monoisotopic (exact) mass is 410 g/mol. The van der Waals surface area contributed by atoms with Crippen LogP contribution in [-0.2, 0) is 0 Å². The summed E-state index contributed by atoms with van der Waals surface area (Å²) >= 11 is 0. The normalized spacial score (nSPS) is 18.0. The summed E-state index contributed by atoms with van der Waals surface area (Å²) in [5.74, 6) is 2.49. The average Bonchev–Trinajstić information content (AvgIpc) is 2.41. The Morgan fingerprint density at radius 1 is 1.14 bits per heavy atom. The summed E-state index contributed by atoms with van der Waals surface area (Å²) in [5.41, 5.74) is 0. The van der Waals surface area contributed by atoms with Crippen molar-refractivity contribution in [1.82, 2.24) is 15.5 Å². The maximum Gasteiger partial charge on any atom is 0.191 e. The molecular formula is C16H35IN4. The van der Waals surface area contributed by atoms with Crippen LogP contribution in [0.1, 0.15) is 47.5 Å². The third-order valence-corrected chi connectivity index (χ3v) is 4.18. The summed E-state index contributed by atoms with van der Waals surface area (Å²) in [6, 6.07) is 0.565. The van der Waals surface area contributed by atoms with E-state index >= 15 is 0 Å². The van der Waals surface area contributed by atoms with Gasteiger partial charge in [-0.15, -0.1) is 24.0 Å². The number of rotatable bonds is 6. The molecule has 1 saturated heterocycles. The summed E-state index contributed by atoms with van der Waals surface area (Å²) in [5, 5.41) is 6.62. The molecule has 1 heterocycles. The highest BCUT2D eigenvalue weighted by atomic mass is 127. The standard InChI is InChI=1S/C16H34N4.HI/c1-6-17-16(18-7-2)19-12-15(13(3)4)20-10-8-14(5)9-11-20;/h13-15H,6-12H2,1-5H3,(H2,17,18,19);1H. The quantitative estimate of drug-likeness (QED) is 0.402. The Hall–Kier alpha value is -0.0400. The number of hydrogen-bond acceptors (Lipinski definition) is 2. The zero-order valence-electron chi connectivity index (χ0n) is 14.5. The fourth-order valence-electron chi connectivity index (χ4n) is 2.80. The van der Waals surface area contributed by atoms with Crippen LogP contribution in [0.2, 0.25) is 0 Å². The van der Waals surface area contributed by atoms with Crippen molar-refractivity contribution in [2.24, 2.45) is 16.8 Å². The number of nitrogens with zero attached hydrogens (tertiary/aromatic N) is 2. The molecule has 126 valence electrons. The third kappa shape index (κ3) is 7.68. The van der Waals surface area contributed by atoms with E-state index in [-0.39, 0.29) is 24.0 Å². The van der Waals surface area contributed by atoms with Crippen molar-refractivity contribution in [2.45, 2.75) is 53.5 Å². The smallest absolute Gasteiger partial charge is 0.191 e. The van der Waals surface area contributed by atoms with Gasteiger partial charge in [0.1, 0.15) is 0 Å². The SMILES string of the molecule is CCNC(=NCC(C(C)C)N1CCC(C)CC1)NCC.I. The first-order valence-corrected chi connectivity index (χ1v) is 8.34. The second-order valence-corrected chi connectivity index (χ2v) is 6.28. The molecule has 0 saturated carbocycles. The Bertz CT molecular complexity index is 278. The van der Waals surface area contributed by atoms with Crippen LogP contribution in [0.4, 0.5) is 0 Å². The number of hydrogen-bond donors (Lipinski definition) is 2. The van der Waals surface area contributed by atoms with Gasteiger partial charge in [0.05, 0.1) is 6.54 Å². The number of nitrogens with one attached hydrogen (secondary N) is 2. The highest BCUT2D eigenvalue weighted by Gasteiger charge is 2.25. The lowest BCUT2D eigenvalue weighted by Crippen LogP contribution is -2.46. The van der Waals surface area contributed by atoms with E-state index in [1.54, 1.807) is 0 Å². The van der Waals surface area contributed by atoms with Gasteiger partial charge in [-0.1, -0.05) is 20.8 Å². The van der Waals surface area contributed by atoms with Crippen molar-refractivity contribution in [2.75, 3.05) is 32.7 Å². The number of likely N-dealkylation sites (tertiary alicyclic amines) is 1. The van der Waals surface area contributed by atoms with Gasteiger partial charge in [0, 0.05) is 19.1 Å². The lowest BCUT2D eigenvalue weighted by Gasteiger charge is -2.38. The Kier molecular flexibility index (Phi) is 11.5. The molecule has 1 fully saturated rings.